The third kappa shape index (κ3) is 2.11. The van der Waals surface area contributed by atoms with Crippen molar-refractivity contribution >= 4 is 17.3 Å². The van der Waals surface area contributed by atoms with Crippen LogP contribution in [-0.2, 0) is 9.59 Å². The number of ketones is 2. The van der Waals surface area contributed by atoms with E-state index >= 15 is 0 Å². The molecule has 0 atom stereocenters. The normalized spacial score (nSPS) is 16.2. The highest BCUT2D eigenvalue weighted by Gasteiger charge is 2.28. The van der Waals surface area contributed by atoms with Crippen molar-refractivity contribution in [3.63, 3.8) is 0 Å². The molecule has 0 aromatic heterocycles. The van der Waals surface area contributed by atoms with Gasteiger partial charge >= 0.3 is 0 Å². The van der Waals surface area contributed by atoms with Gasteiger partial charge in [0.25, 0.3) is 0 Å². The van der Waals surface area contributed by atoms with Crippen molar-refractivity contribution in [3.8, 4) is 0 Å². The zero-order valence-corrected chi connectivity index (χ0v) is 9.07. The Bertz CT molecular complexity index is 499. The second-order valence-electron chi connectivity index (χ2n) is 3.90. The lowest BCUT2D eigenvalue weighted by Crippen LogP contribution is -2.20. The molecule has 0 heterocycles. The molecule has 1 aliphatic rings. The largest absolute Gasteiger partial charge is 0.506 e. The maximum absolute atomic E-state index is 13.4. The minimum atomic E-state index is -0.649. The first kappa shape index (κ1) is 11.5. The molecule has 1 N–H and O–H groups in total. The summed E-state index contributed by atoms with van der Waals surface area (Å²) in [5.41, 5.74) is -0.368. The number of aliphatic hydroxyl groups excluding tert-OH is 1. The van der Waals surface area contributed by atoms with Crippen molar-refractivity contribution in [3.05, 3.63) is 41.2 Å². The maximum atomic E-state index is 13.4. The summed E-state index contributed by atoms with van der Waals surface area (Å²) < 4.78 is 13.4. The number of aliphatic hydroxyl groups is 1. The summed E-state index contributed by atoms with van der Waals surface area (Å²) in [5.74, 6) is -2.02. The van der Waals surface area contributed by atoms with Crippen LogP contribution in [0.15, 0.2) is 29.8 Å². The molecule has 0 aliphatic heterocycles. The zero-order chi connectivity index (χ0) is 12.4. The minimum Gasteiger partial charge on any atom is -0.506 e. The van der Waals surface area contributed by atoms with Gasteiger partial charge in [0.1, 0.15) is 17.1 Å². The lowest BCUT2D eigenvalue weighted by Gasteiger charge is -2.14. The van der Waals surface area contributed by atoms with Gasteiger partial charge in [-0.05, 0) is 18.6 Å². The second kappa shape index (κ2) is 4.49. The van der Waals surface area contributed by atoms with Crippen molar-refractivity contribution in [2.24, 2.45) is 0 Å². The van der Waals surface area contributed by atoms with E-state index in [1.165, 1.54) is 24.3 Å². The predicted octanol–water partition coefficient (Wildman–Crippen LogP) is 2.42. The van der Waals surface area contributed by atoms with Gasteiger partial charge in [0.05, 0.1) is 5.56 Å². The zero-order valence-electron chi connectivity index (χ0n) is 9.07. The Balaban J connectivity index is 2.54. The molecule has 1 fully saturated rings. The molecular formula is C13H11FO3. The van der Waals surface area contributed by atoms with Crippen molar-refractivity contribution in [1.82, 2.24) is 0 Å². The molecule has 0 saturated heterocycles. The first-order chi connectivity index (χ1) is 8.11. The van der Waals surface area contributed by atoms with E-state index in [4.69, 9.17) is 0 Å². The molecule has 0 unspecified atom stereocenters. The van der Waals surface area contributed by atoms with E-state index in [0.717, 1.165) is 0 Å². The van der Waals surface area contributed by atoms with Gasteiger partial charge in [0.2, 0.25) is 0 Å². The number of halogens is 1. The smallest absolute Gasteiger partial charge is 0.170 e. The van der Waals surface area contributed by atoms with E-state index in [-0.39, 0.29) is 24.0 Å². The van der Waals surface area contributed by atoms with Crippen LogP contribution in [0.2, 0.25) is 0 Å². The Labute approximate surface area is 97.6 Å². The molecule has 1 saturated carbocycles. The Kier molecular flexibility index (Phi) is 3.04. The number of allylic oxidation sites excluding steroid dienone is 1. The average molecular weight is 234 g/mol. The molecule has 17 heavy (non-hydrogen) atoms. The molecule has 4 heteroatoms. The van der Waals surface area contributed by atoms with Gasteiger partial charge in [-0.25, -0.2) is 4.39 Å². The van der Waals surface area contributed by atoms with Crippen LogP contribution in [0.5, 0.6) is 0 Å². The van der Waals surface area contributed by atoms with Crippen LogP contribution in [0.25, 0.3) is 5.76 Å². The lowest BCUT2D eigenvalue weighted by molar-refractivity contribution is -0.123. The van der Waals surface area contributed by atoms with Crippen molar-refractivity contribution in [2.75, 3.05) is 0 Å². The highest BCUT2D eigenvalue weighted by molar-refractivity contribution is 6.25. The van der Waals surface area contributed by atoms with E-state index < -0.39 is 23.1 Å². The van der Waals surface area contributed by atoms with Crippen molar-refractivity contribution in [2.45, 2.75) is 19.3 Å². The number of rotatable bonds is 1. The summed E-state index contributed by atoms with van der Waals surface area (Å²) >= 11 is 0. The van der Waals surface area contributed by atoms with Crippen LogP contribution in [0.4, 0.5) is 4.39 Å². The van der Waals surface area contributed by atoms with Crippen LogP contribution in [0, 0.1) is 5.82 Å². The van der Waals surface area contributed by atoms with E-state index in [1.54, 1.807) is 0 Å². The molecule has 0 radical (unpaired) electrons. The maximum Gasteiger partial charge on any atom is 0.170 e. The monoisotopic (exact) mass is 234 g/mol. The van der Waals surface area contributed by atoms with Gasteiger partial charge in [-0.3, -0.25) is 9.59 Å². The van der Waals surface area contributed by atoms with Gasteiger partial charge in [-0.15, -0.1) is 0 Å². The predicted molar refractivity (Wildman–Crippen MR) is 59.8 cm³/mol. The highest BCUT2D eigenvalue weighted by Crippen LogP contribution is 2.25. The number of benzene rings is 1. The number of hydrogen-bond donors (Lipinski definition) is 1. The van der Waals surface area contributed by atoms with Gasteiger partial charge in [0.15, 0.2) is 11.6 Å². The van der Waals surface area contributed by atoms with Crippen LogP contribution in [-0.4, -0.2) is 16.7 Å². The van der Waals surface area contributed by atoms with E-state index in [0.29, 0.717) is 6.42 Å². The van der Waals surface area contributed by atoms with Crippen LogP contribution in [0.1, 0.15) is 24.8 Å². The molecule has 1 aromatic rings. The van der Waals surface area contributed by atoms with Gasteiger partial charge in [0, 0.05) is 12.8 Å². The third-order valence-corrected chi connectivity index (χ3v) is 2.73. The fourth-order valence-corrected chi connectivity index (χ4v) is 1.87. The molecule has 1 aromatic carbocycles. The molecular weight excluding hydrogens is 223 g/mol. The van der Waals surface area contributed by atoms with Crippen LogP contribution in [0.3, 0.4) is 0 Å². The summed E-state index contributed by atoms with van der Waals surface area (Å²) in [7, 11) is 0. The first-order valence-electron chi connectivity index (χ1n) is 5.36. The second-order valence-corrected chi connectivity index (χ2v) is 3.90. The quantitative estimate of drug-likeness (QED) is 0.461. The molecule has 88 valence electrons. The standard InChI is InChI=1S/C13H11FO3/c14-9-5-2-1-4-8(9)13(17)12-10(15)6-3-7-11(12)16/h1-2,4-5,17H,3,6-7H2. The Morgan fingerprint density at radius 3 is 2.29 bits per heavy atom. The third-order valence-electron chi connectivity index (χ3n) is 2.73. The highest BCUT2D eigenvalue weighted by atomic mass is 19.1. The summed E-state index contributed by atoms with van der Waals surface area (Å²) in [6.07, 6.45) is 0.935. The van der Waals surface area contributed by atoms with Gasteiger partial charge in [-0.2, -0.15) is 0 Å². The van der Waals surface area contributed by atoms with Crippen molar-refractivity contribution < 1.29 is 19.1 Å². The average Bonchev–Trinajstić information content (AvgIpc) is 2.29. The Morgan fingerprint density at radius 1 is 1.12 bits per heavy atom. The fraction of sp³-hybridized carbons (Fsp3) is 0.231. The van der Waals surface area contributed by atoms with Gasteiger partial charge in [-0.1, -0.05) is 12.1 Å². The van der Waals surface area contributed by atoms with Crippen LogP contribution < -0.4 is 0 Å². The summed E-state index contributed by atoms with van der Waals surface area (Å²) in [6.45, 7) is 0. The summed E-state index contributed by atoms with van der Waals surface area (Å²) in [4.78, 5) is 23.1. The molecule has 3 nitrogen and oxygen atoms in total. The number of carbonyl (C=O) groups is 2. The Morgan fingerprint density at radius 2 is 1.71 bits per heavy atom. The van der Waals surface area contributed by atoms with E-state index in [1.807, 2.05) is 0 Å². The number of Topliss-reactive ketones (excluding diaryl/α,β-unsaturated/α-hetero) is 2. The van der Waals surface area contributed by atoms with E-state index in [2.05, 4.69) is 0 Å². The molecule has 1 aliphatic carbocycles. The molecule has 0 bridgehead atoms. The van der Waals surface area contributed by atoms with E-state index in [9.17, 15) is 19.1 Å². The first-order valence-corrected chi connectivity index (χ1v) is 5.36. The van der Waals surface area contributed by atoms with Crippen LogP contribution >= 0.6 is 0 Å². The Hall–Kier alpha value is -1.97. The van der Waals surface area contributed by atoms with Crippen molar-refractivity contribution in [1.29, 1.82) is 0 Å². The summed E-state index contributed by atoms with van der Waals surface area (Å²) in [5, 5.41) is 9.86. The topological polar surface area (TPSA) is 54.4 Å². The minimum absolute atomic E-state index is 0.105. The number of carbonyl (C=O) groups excluding carboxylic acids is 2. The van der Waals surface area contributed by atoms with Gasteiger partial charge < -0.3 is 5.11 Å². The molecule has 0 spiro atoms. The lowest BCUT2D eigenvalue weighted by atomic mass is 9.90. The summed E-state index contributed by atoms with van der Waals surface area (Å²) in [6, 6.07) is 5.52. The fourth-order valence-electron chi connectivity index (χ4n) is 1.87. The molecule has 2 rings (SSSR count). The molecule has 0 amide bonds. The number of hydrogen-bond acceptors (Lipinski definition) is 3. The SMILES string of the molecule is O=C1CCCC(=O)C1=C(O)c1ccccc1F.